The SMILES string of the molecule is CCc1ccccc1NC(=O)CSc1nnc(CCCc2c[nH]c3ccccc23)n1CC. The molecule has 0 saturated heterocycles. The Morgan fingerprint density at radius 1 is 1.03 bits per heavy atom. The Morgan fingerprint density at radius 3 is 2.69 bits per heavy atom. The number of para-hydroxylation sites is 2. The molecule has 7 heteroatoms. The average molecular weight is 448 g/mol. The standard InChI is InChI=1S/C25H29N5OS/c1-3-18-10-5-7-13-21(18)27-24(31)17-32-25-29-28-23(30(25)4-2)15-9-11-19-16-26-22-14-8-6-12-20(19)22/h5-8,10,12-14,16,26H,3-4,9,11,15,17H2,1-2H3,(H,27,31). The largest absolute Gasteiger partial charge is 0.361 e. The minimum Gasteiger partial charge on any atom is -0.361 e. The number of thioether (sulfide) groups is 1. The molecule has 2 aromatic carbocycles. The second-order valence-corrected chi connectivity index (χ2v) is 8.65. The van der Waals surface area contributed by atoms with Gasteiger partial charge < -0.3 is 14.9 Å². The summed E-state index contributed by atoms with van der Waals surface area (Å²) in [5, 5.41) is 13.9. The monoisotopic (exact) mass is 447 g/mol. The molecule has 4 rings (SSSR count). The maximum absolute atomic E-state index is 12.5. The summed E-state index contributed by atoms with van der Waals surface area (Å²) in [5.41, 5.74) is 4.54. The van der Waals surface area contributed by atoms with Crippen LogP contribution < -0.4 is 5.32 Å². The first-order valence-electron chi connectivity index (χ1n) is 11.2. The lowest BCUT2D eigenvalue weighted by Crippen LogP contribution is -2.16. The van der Waals surface area contributed by atoms with E-state index in [1.54, 1.807) is 0 Å². The van der Waals surface area contributed by atoms with Gasteiger partial charge in [-0.05, 0) is 49.4 Å². The van der Waals surface area contributed by atoms with Crippen LogP contribution in [-0.2, 0) is 30.6 Å². The van der Waals surface area contributed by atoms with E-state index < -0.39 is 0 Å². The Hall–Kier alpha value is -3.06. The van der Waals surface area contributed by atoms with Gasteiger partial charge in [0.1, 0.15) is 5.82 Å². The summed E-state index contributed by atoms with van der Waals surface area (Å²) in [6.07, 6.45) is 5.83. The van der Waals surface area contributed by atoms with Crippen molar-refractivity contribution >= 4 is 34.3 Å². The van der Waals surface area contributed by atoms with Crippen LogP contribution in [-0.4, -0.2) is 31.4 Å². The fourth-order valence-electron chi connectivity index (χ4n) is 3.97. The minimum atomic E-state index is -0.0255. The van der Waals surface area contributed by atoms with E-state index in [1.165, 1.54) is 28.2 Å². The lowest BCUT2D eigenvalue weighted by atomic mass is 10.1. The highest BCUT2D eigenvalue weighted by Gasteiger charge is 2.14. The number of anilines is 1. The zero-order valence-electron chi connectivity index (χ0n) is 18.6. The van der Waals surface area contributed by atoms with Gasteiger partial charge in [-0.2, -0.15) is 0 Å². The van der Waals surface area contributed by atoms with Crippen LogP contribution in [0.25, 0.3) is 10.9 Å². The van der Waals surface area contributed by atoms with E-state index in [1.807, 2.05) is 30.3 Å². The number of H-pyrrole nitrogens is 1. The van der Waals surface area contributed by atoms with Crippen LogP contribution >= 0.6 is 11.8 Å². The second kappa shape index (κ2) is 10.5. The molecule has 0 aliphatic carbocycles. The summed E-state index contributed by atoms with van der Waals surface area (Å²) in [5.74, 6) is 1.26. The highest BCUT2D eigenvalue weighted by Crippen LogP contribution is 2.22. The fraction of sp³-hybridized carbons (Fsp3) is 0.320. The molecule has 0 unspecified atom stereocenters. The van der Waals surface area contributed by atoms with Gasteiger partial charge in [0.2, 0.25) is 5.91 Å². The lowest BCUT2D eigenvalue weighted by Gasteiger charge is -2.10. The summed E-state index contributed by atoms with van der Waals surface area (Å²) >= 11 is 1.44. The average Bonchev–Trinajstić information content (AvgIpc) is 3.42. The van der Waals surface area contributed by atoms with Crippen molar-refractivity contribution in [3.8, 4) is 0 Å². The molecule has 0 saturated carbocycles. The number of hydrogen-bond acceptors (Lipinski definition) is 4. The van der Waals surface area contributed by atoms with Gasteiger partial charge in [0, 0.05) is 35.8 Å². The van der Waals surface area contributed by atoms with Gasteiger partial charge in [0.15, 0.2) is 5.16 Å². The Labute approximate surface area is 192 Å². The molecule has 6 nitrogen and oxygen atoms in total. The van der Waals surface area contributed by atoms with Crippen molar-refractivity contribution in [2.75, 3.05) is 11.1 Å². The quantitative estimate of drug-likeness (QED) is 0.326. The number of aromatic amines is 1. The van der Waals surface area contributed by atoms with Crippen LogP contribution in [0.3, 0.4) is 0 Å². The number of rotatable bonds is 10. The molecule has 0 bridgehead atoms. The smallest absolute Gasteiger partial charge is 0.234 e. The fourth-order valence-corrected chi connectivity index (χ4v) is 4.79. The Kier molecular flexibility index (Phi) is 7.27. The van der Waals surface area contributed by atoms with Gasteiger partial charge >= 0.3 is 0 Å². The van der Waals surface area contributed by atoms with E-state index in [4.69, 9.17) is 0 Å². The third-order valence-electron chi connectivity index (χ3n) is 5.64. The van der Waals surface area contributed by atoms with Crippen LogP contribution in [0.4, 0.5) is 5.69 Å². The van der Waals surface area contributed by atoms with Gasteiger partial charge in [0.05, 0.1) is 5.75 Å². The summed E-state index contributed by atoms with van der Waals surface area (Å²) in [7, 11) is 0. The number of fused-ring (bicyclic) bond motifs is 1. The van der Waals surface area contributed by atoms with E-state index in [0.29, 0.717) is 5.75 Å². The number of nitrogens with zero attached hydrogens (tertiary/aromatic N) is 3. The predicted molar refractivity (Wildman–Crippen MR) is 131 cm³/mol. The summed E-state index contributed by atoms with van der Waals surface area (Å²) < 4.78 is 2.12. The number of nitrogens with one attached hydrogen (secondary N) is 2. The molecule has 2 aromatic heterocycles. The van der Waals surface area contributed by atoms with Crippen molar-refractivity contribution in [1.29, 1.82) is 0 Å². The van der Waals surface area contributed by atoms with Crippen molar-refractivity contribution in [3.63, 3.8) is 0 Å². The van der Waals surface area contributed by atoms with Crippen LogP contribution in [0.15, 0.2) is 59.9 Å². The van der Waals surface area contributed by atoms with Crippen LogP contribution in [0, 0.1) is 0 Å². The van der Waals surface area contributed by atoms with E-state index in [0.717, 1.165) is 54.5 Å². The first kappa shape index (κ1) is 22.1. The molecule has 2 heterocycles. The summed E-state index contributed by atoms with van der Waals surface area (Å²) in [4.78, 5) is 15.8. The molecular formula is C25H29N5OS. The summed E-state index contributed by atoms with van der Waals surface area (Å²) in [6.45, 7) is 4.97. The molecule has 0 aliphatic rings. The maximum atomic E-state index is 12.5. The number of hydrogen-bond donors (Lipinski definition) is 2. The minimum absolute atomic E-state index is 0.0255. The van der Waals surface area contributed by atoms with E-state index in [2.05, 4.69) is 63.3 Å². The van der Waals surface area contributed by atoms with Crippen LogP contribution in [0.2, 0.25) is 0 Å². The number of aromatic nitrogens is 4. The number of carbonyl (C=O) groups is 1. The van der Waals surface area contributed by atoms with Gasteiger partial charge in [-0.15, -0.1) is 10.2 Å². The van der Waals surface area contributed by atoms with E-state index >= 15 is 0 Å². The van der Waals surface area contributed by atoms with Gasteiger partial charge in [-0.3, -0.25) is 4.79 Å². The molecule has 2 N–H and O–H groups in total. The topological polar surface area (TPSA) is 75.6 Å². The molecule has 4 aromatic rings. The number of benzene rings is 2. The highest BCUT2D eigenvalue weighted by molar-refractivity contribution is 7.99. The zero-order valence-corrected chi connectivity index (χ0v) is 19.4. The van der Waals surface area contributed by atoms with Gasteiger partial charge in [-0.25, -0.2) is 0 Å². The Bertz CT molecular complexity index is 1200. The molecule has 0 radical (unpaired) electrons. The normalized spacial score (nSPS) is 11.2. The van der Waals surface area contributed by atoms with Crippen molar-refractivity contribution < 1.29 is 4.79 Å². The van der Waals surface area contributed by atoms with Crippen molar-refractivity contribution in [2.45, 2.75) is 51.2 Å². The van der Waals surface area contributed by atoms with Crippen molar-refractivity contribution in [2.24, 2.45) is 0 Å². The molecule has 0 spiro atoms. The number of aryl methyl sites for hydroxylation is 3. The first-order valence-corrected chi connectivity index (χ1v) is 12.2. The molecular weight excluding hydrogens is 418 g/mol. The highest BCUT2D eigenvalue weighted by atomic mass is 32.2. The van der Waals surface area contributed by atoms with Gasteiger partial charge in [-0.1, -0.05) is 55.1 Å². The van der Waals surface area contributed by atoms with E-state index in [-0.39, 0.29) is 5.91 Å². The van der Waals surface area contributed by atoms with Crippen LogP contribution in [0.5, 0.6) is 0 Å². The van der Waals surface area contributed by atoms with Crippen molar-refractivity contribution in [3.05, 3.63) is 71.7 Å². The second-order valence-electron chi connectivity index (χ2n) is 7.70. The molecule has 32 heavy (non-hydrogen) atoms. The van der Waals surface area contributed by atoms with Crippen LogP contribution in [0.1, 0.15) is 37.2 Å². The predicted octanol–water partition coefficient (Wildman–Crippen LogP) is 5.25. The lowest BCUT2D eigenvalue weighted by molar-refractivity contribution is -0.113. The maximum Gasteiger partial charge on any atom is 0.234 e. The number of amides is 1. The Balaban J connectivity index is 1.33. The van der Waals surface area contributed by atoms with Crippen molar-refractivity contribution in [1.82, 2.24) is 19.7 Å². The molecule has 0 aliphatic heterocycles. The number of carbonyl (C=O) groups excluding carboxylic acids is 1. The molecule has 166 valence electrons. The third-order valence-corrected chi connectivity index (χ3v) is 6.60. The molecule has 0 atom stereocenters. The Morgan fingerprint density at radius 2 is 1.84 bits per heavy atom. The first-order chi connectivity index (χ1) is 15.7. The van der Waals surface area contributed by atoms with E-state index in [9.17, 15) is 4.79 Å². The summed E-state index contributed by atoms with van der Waals surface area (Å²) in [6, 6.07) is 16.3. The molecule has 1 amide bonds. The third kappa shape index (κ3) is 5.05. The zero-order chi connectivity index (χ0) is 22.3. The van der Waals surface area contributed by atoms with Gasteiger partial charge in [0.25, 0.3) is 0 Å². The molecule has 0 fully saturated rings.